The summed E-state index contributed by atoms with van der Waals surface area (Å²) in [6.07, 6.45) is 6.40. The molecule has 6 nitrogen and oxygen atoms in total. The number of nitrogens with zero attached hydrogens (tertiary/aromatic N) is 2. The first-order valence-electron chi connectivity index (χ1n) is 10.5. The Kier molecular flexibility index (Phi) is 5.67. The number of fused-ring (bicyclic) bond motifs is 1. The van der Waals surface area contributed by atoms with E-state index in [2.05, 4.69) is 15.2 Å². The van der Waals surface area contributed by atoms with Crippen LogP contribution in [0.1, 0.15) is 62.3 Å². The predicted octanol–water partition coefficient (Wildman–Crippen LogP) is 2.22. The summed E-state index contributed by atoms with van der Waals surface area (Å²) in [6, 6.07) is 3.19. The molecule has 0 bridgehead atoms. The highest BCUT2D eigenvalue weighted by Gasteiger charge is 2.48. The quantitative estimate of drug-likeness (QED) is 0.823. The van der Waals surface area contributed by atoms with Crippen LogP contribution in [-0.4, -0.2) is 59.3 Å². The van der Waals surface area contributed by atoms with Crippen molar-refractivity contribution in [2.45, 2.75) is 62.3 Å². The highest BCUT2D eigenvalue weighted by molar-refractivity contribution is 5.87. The molecule has 28 heavy (non-hydrogen) atoms. The van der Waals surface area contributed by atoms with Gasteiger partial charge in [0.1, 0.15) is 0 Å². The van der Waals surface area contributed by atoms with Gasteiger partial charge < -0.3 is 15.2 Å². The second-order valence-electron chi connectivity index (χ2n) is 8.36. The van der Waals surface area contributed by atoms with Gasteiger partial charge in [0, 0.05) is 36.9 Å². The van der Waals surface area contributed by atoms with Gasteiger partial charge in [0.15, 0.2) is 0 Å². The van der Waals surface area contributed by atoms with Gasteiger partial charge >= 0.3 is 0 Å². The van der Waals surface area contributed by atoms with E-state index >= 15 is 4.39 Å². The van der Waals surface area contributed by atoms with E-state index in [-0.39, 0.29) is 29.6 Å². The van der Waals surface area contributed by atoms with Crippen molar-refractivity contribution >= 4 is 5.91 Å². The minimum atomic E-state index is -2.14. The number of rotatable bonds is 4. The number of carbonyl (C=O) groups is 1. The van der Waals surface area contributed by atoms with Crippen molar-refractivity contribution in [1.29, 1.82) is 0 Å². The lowest BCUT2D eigenvalue weighted by atomic mass is 9.78. The molecular weight excluding hydrogens is 361 g/mol. The van der Waals surface area contributed by atoms with Crippen LogP contribution >= 0.6 is 0 Å². The molecule has 1 saturated heterocycles. The molecule has 154 valence electrons. The van der Waals surface area contributed by atoms with Gasteiger partial charge in [-0.25, -0.2) is 4.39 Å². The molecule has 0 unspecified atom stereocenters. The van der Waals surface area contributed by atoms with E-state index in [0.717, 1.165) is 38.8 Å². The molecule has 2 atom stereocenters. The van der Waals surface area contributed by atoms with E-state index < -0.39 is 17.7 Å². The van der Waals surface area contributed by atoms with Crippen LogP contribution in [0, 0.1) is 0 Å². The maximum atomic E-state index is 15.9. The number of aliphatic hydroxyl groups excluding tert-OH is 1. The largest absolute Gasteiger partial charge is 0.387 e. The van der Waals surface area contributed by atoms with Crippen molar-refractivity contribution in [2.24, 2.45) is 0 Å². The molecule has 0 spiro atoms. The lowest BCUT2D eigenvalue weighted by Gasteiger charge is -2.48. The van der Waals surface area contributed by atoms with E-state index in [4.69, 9.17) is 4.74 Å². The molecule has 4 rings (SSSR count). The smallest absolute Gasteiger partial charge is 0.262 e. The van der Waals surface area contributed by atoms with Crippen molar-refractivity contribution in [3.05, 3.63) is 29.6 Å². The van der Waals surface area contributed by atoms with Gasteiger partial charge in [-0.1, -0.05) is 25.3 Å². The van der Waals surface area contributed by atoms with Gasteiger partial charge in [0.05, 0.1) is 25.0 Å². The maximum Gasteiger partial charge on any atom is 0.262 e. The average Bonchev–Trinajstić information content (AvgIpc) is 2.76. The highest BCUT2D eigenvalue weighted by Crippen LogP contribution is 2.42. The van der Waals surface area contributed by atoms with Crippen LogP contribution in [0.4, 0.5) is 4.39 Å². The molecule has 1 aliphatic heterocycles. The zero-order valence-electron chi connectivity index (χ0n) is 16.3. The average molecular weight is 391 g/mol. The highest BCUT2D eigenvalue weighted by atomic mass is 19.1. The number of alkyl halides is 1. The summed E-state index contributed by atoms with van der Waals surface area (Å²) in [5.41, 5.74) is -1.76. The number of carbonyl (C=O) groups excluding carboxylic acids is 1. The van der Waals surface area contributed by atoms with Gasteiger partial charge in [0.2, 0.25) is 5.67 Å². The van der Waals surface area contributed by atoms with Crippen LogP contribution in [0.15, 0.2) is 18.3 Å². The van der Waals surface area contributed by atoms with Crippen LogP contribution in [0.25, 0.3) is 0 Å². The van der Waals surface area contributed by atoms with Crippen molar-refractivity contribution in [3.63, 3.8) is 0 Å². The molecule has 7 heteroatoms. The first kappa shape index (κ1) is 19.7. The van der Waals surface area contributed by atoms with Crippen LogP contribution < -0.4 is 5.32 Å². The minimum absolute atomic E-state index is 0.0246. The van der Waals surface area contributed by atoms with Gasteiger partial charge in [-0.15, -0.1) is 0 Å². The Balaban J connectivity index is 1.52. The molecule has 1 aromatic heterocycles. The summed E-state index contributed by atoms with van der Waals surface area (Å²) in [7, 11) is 0. The van der Waals surface area contributed by atoms with Crippen molar-refractivity contribution in [2.75, 3.05) is 32.8 Å². The zero-order valence-corrected chi connectivity index (χ0v) is 16.3. The SMILES string of the molecule is O=C(NCC1(N2CCOCC2)CCCCC1)[C@]1(F)CC[C@H](O)c2ncccc21. The fourth-order valence-electron chi connectivity index (χ4n) is 5.10. The molecule has 2 aliphatic carbocycles. The fraction of sp³-hybridized carbons (Fsp3) is 0.714. The number of aromatic nitrogens is 1. The third-order valence-corrected chi connectivity index (χ3v) is 6.75. The predicted molar refractivity (Wildman–Crippen MR) is 102 cm³/mol. The molecule has 2 fully saturated rings. The molecule has 3 aliphatic rings. The summed E-state index contributed by atoms with van der Waals surface area (Å²) in [4.78, 5) is 19.6. The molecule has 1 aromatic rings. The second-order valence-corrected chi connectivity index (χ2v) is 8.36. The Bertz CT molecular complexity index is 704. The number of aliphatic hydroxyl groups is 1. The Morgan fingerprint density at radius 1 is 1.29 bits per heavy atom. The fourth-order valence-corrected chi connectivity index (χ4v) is 5.10. The van der Waals surface area contributed by atoms with E-state index in [0.29, 0.717) is 19.8 Å². The van der Waals surface area contributed by atoms with E-state index in [1.165, 1.54) is 12.6 Å². The van der Waals surface area contributed by atoms with Gasteiger partial charge in [-0.2, -0.15) is 0 Å². The summed E-state index contributed by atoms with van der Waals surface area (Å²) in [6.45, 7) is 3.58. The molecule has 0 radical (unpaired) electrons. The number of amides is 1. The van der Waals surface area contributed by atoms with Crippen LogP contribution in [0.5, 0.6) is 0 Å². The molecule has 2 heterocycles. The molecule has 0 aromatic carbocycles. The minimum Gasteiger partial charge on any atom is -0.387 e. The van der Waals surface area contributed by atoms with E-state index in [1.807, 2.05) is 0 Å². The number of nitrogens with one attached hydrogen (secondary N) is 1. The number of hydrogen-bond donors (Lipinski definition) is 2. The van der Waals surface area contributed by atoms with Gasteiger partial charge in [-0.3, -0.25) is 14.7 Å². The zero-order chi connectivity index (χ0) is 19.6. The summed E-state index contributed by atoms with van der Waals surface area (Å²) in [5.74, 6) is -0.605. The van der Waals surface area contributed by atoms with Crippen molar-refractivity contribution in [3.8, 4) is 0 Å². The number of ether oxygens (including phenoxy) is 1. The first-order chi connectivity index (χ1) is 13.6. The topological polar surface area (TPSA) is 74.7 Å². The Morgan fingerprint density at radius 2 is 2.04 bits per heavy atom. The molecular formula is C21H30FN3O3. The third-order valence-electron chi connectivity index (χ3n) is 6.75. The monoisotopic (exact) mass is 391 g/mol. The van der Waals surface area contributed by atoms with Crippen LogP contribution in [0.3, 0.4) is 0 Å². The van der Waals surface area contributed by atoms with Crippen LogP contribution in [-0.2, 0) is 15.2 Å². The number of morpholine rings is 1. The lowest BCUT2D eigenvalue weighted by Crippen LogP contribution is -2.60. The molecule has 1 amide bonds. The summed E-state index contributed by atoms with van der Waals surface area (Å²) < 4.78 is 21.4. The maximum absolute atomic E-state index is 15.9. The Morgan fingerprint density at radius 3 is 2.79 bits per heavy atom. The second kappa shape index (κ2) is 8.05. The van der Waals surface area contributed by atoms with Crippen molar-refractivity contribution in [1.82, 2.24) is 15.2 Å². The van der Waals surface area contributed by atoms with E-state index in [9.17, 15) is 9.90 Å². The normalized spacial score (nSPS) is 30.4. The molecule has 2 N–H and O–H groups in total. The molecule has 1 saturated carbocycles. The number of halogens is 1. The summed E-state index contributed by atoms with van der Waals surface area (Å²) >= 11 is 0. The summed E-state index contributed by atoms with van der Waals surface area (Å²) in [5, 5.41) is 13.1. The number of pyridine rings is 1. The number of hydrogen-bond acceptors (Lipinski definition) is 5. The van der Waals surface area contributed by atoms with Gasteiger partial charge in [-0.05, 0) is 31.7 Å². The Labute approximate surface area is 165 Å². The Hall–Kier alpha value is -1.57. The van der Waals surface area contributed by atoms with Crippen LogP contribution in [0.2, 0.25) is 0 Å². The third kappa shape index (κ3) is 3.55. The first-order valence-corrected chi connectivity index (χ1v) is 10.5. The lowest BCUT2D eigenvalue weighted by molar-refractivity contribution is -0.136. The van der Waals surface area contributed by atoms with Gasteiger partial charge in [0.25, 0.3) is 5.91 Å². The van der Waals surface area contributed by atoms with E-state index in [1.54, 1.807) is 12.1 Å². The standard InChI is InChI=1S/C21H30FN3O3/c22-21(9-6-17(26)18-16(21)5-4-10-23-18)19(27)24-15-20(7-2-1-3-8-20)25-11-13-28-14-12-25/h4-5,10,17,26H,1-3,6-9,11-15H2,(H,24,27)/t17-,21-/m0/s1. The van der Waals surface area contributed by atoms with Crippen molar-refractivity contribution < 1.29 is 19.0 Å².